The van der Waals surface area contributed by atoms with Crippen molar-refractivity contribution in [3.05, 3.63) is 53.1 Å². The molecule has 0 spiro atoms. The number of hydrogen-bond acceptors (Lipinski definition) is 4. The van der Waals surface area contributed by atoms with Crippen molar-refractivity contribution in [1.29, 1.82) is 0 Å². The van der Waals surface area contributed by atoms with Crippen LogP contribution in [0.15, 0.2) is 47.5 Å². The van der Waals surface area contributed by atoms with E-state index < -0.39 is 0 Å². The van der Waals surface area contributed by atoms with E-state index in [2.05, 4.69) is 16.8 Å². The highest BCUT2D eigenvalue weighted by Gasteiger charge is 2.25. The number of benzene rings is 2. The highest BCUT2D eigenvalue weighted by molar-refractivity contribution is 6.31. The first-order chi connectivity index (χ1) is 11.2. The fourth-order valence-electron chi connectivity index (χ4n) is 2.95. The molecule has 0 atom stereocenters. The molecule has 2 aromatic carbocycles. The monoisotopic (exact) mass is 327 g/mol. The van der Waals surface area contributed by atoms with E-state index in [1.807, 2.05) is 42.5 Å². The van der Waals surface area contributed by atoms with Crippen molar-refractivity contribution in [2.45, 2.75) is 0 Å². The van der Waals surface area contributed by atoms with Gasteiger partial charge in [0, 0.05) is 37.3 Å². The average molecular weight is 328 g/mol. The number of rotatable bonds is 0. The molecule has 4 nitrogen and oxygen atoms in total. The second-order valence-electron chi connectivity index (χ2n) is 5.94. The summed E-state index contributed by atoms with van der Waals surface area (Å²) in [6.07, 6.45) is 0. The van der Waals surface area contributed by atoms with Crippen LogP contribution in [0.4, 0.5) is 5.69 Å². The van der Waals surface area contributed by atoms with Gasteiger partial charge in [-0.3, -0.25) is 0 Å². The van der Waals surface area contributed by atoms with Crippen LogP contribution in [0.2, 0.25) is 5.02 Å². The molecule has 2 aromatic rings. The van der Waals surface area contributed by atoms with Crippen LogP contribution in [0.5, 0.6) is 11.5 Å². The molecule has 0 N–H and O–H groups in total. The van der Waals surface area contributed by atoms with Crippen LogP contribution < -0.4 is 4.74 Å². The zero-order valence-corrected chi connectivity index (χ0v) is 13.8. The van der Waals surface area contributed by atoms with E-state index in [-0.39, 0.29) is 0 Å². The van der Waals surface area contributed by atoms with Crippen LogP contribution in [0.3, 0.4) is 0 Å². The summed E-state index contributed by atoms with van der Waals surface area (Å²) >= 11 is 6.17. The van der Waals surface area contributed by atoms with Crippen molar-refractivity contribution in [1.82, 2.24) is 9.80 Å². The fourth-order valence-corrected chi connectivity index (χ4v) is 3.12. The lowest BCUT2D eigenvalue weighted by Crippen LogP contribution is -2.47. The maximum absolute atomic E-state index is 6.17. The molecule has 1 fully saturated rings. The van der Waals surface area contributed by atoms with Gasteiger partial charge < -0.3 is 14.5 Å². The summed E-state index contributed by atoms with van der Waals surface area (Å²) in [5.74, 6) is 2.50. The Morgan fingerprint density at radius 2 is 1.78 bits per heavy atom. The van der Waals surface area contributed by atoms with Gasteiger partial charge in [-0.05, 0) is 31.3 Å². The molecule has 0 unspecified atom stereocenters. The van der Waals surface area contributed by atoms with E-state index in [9.17, 15) is 0 Å². The lowest BCUT2D eigenvalue weighted by molar-refractivity contribution is 0.215. The number of piperazine rings is 1. The van der Waals surface area contributed by atoms with Gasteiger partial charge in [-0.2, -0.15) is 0 Å². The molecule has 5 heteroatoms. The van der Waals surface area contributed by atoms with Crippen LogP contribution in [0.25, 0.3) is 0 Å². The lowest BCUT2D eigenvalue weighted by Gasteiger charge is -2.34. The summed E-state index contributed by atoms with van der Waals surface area (Å²) in [4.78, 5) is 9.58. The first kappa shape index (κ1) is 14.5. The predicted molar refractivity (Wildman–Crippen MR) is 93.2 cm³/mol. The Labute approximate surface area is 140 Å². The van der Waals surface area contributed by atoms with E-state index in [0.29, 0.717) is 5.02 Å². The third kappa shape index (κ3) is 2.80. The van der Waals surface area contributed by atoms with Crippen molar-refractivity contribution in [2.75, 3.05) is 33.2 Å². The SMILES string of the molecule is CN1CCN(C2=Nc3ccccc3Oc3cc(Cl)ccc32)CC1. The van der Waals surface area contributed by atoms with Gasteiger partial charge in [-0.1, -0.05) is 23.7 Å². The molecule has 23 heavy (non-hydrogen) atoms. The van der Waals surface area contributed by atoms with Gasteiger partial charge in [0.25, 0.3) is 0 Å². The molecule has 0 saturated carbocycles. The van der Waals surface area contributed by atoms with E-state index >= 15 is 0 Å². The van der Waals surface area contributed by atoms with Crippen molar-refractivity contribution >= 4 is 23.1 Å². The third-order valence-corrected chi connectivity index (χ3v) is 4.53. The molecule has 0 aliphatic carbocycles. The Morgan fingerprint density at radius 3 is 2.61 bits per heavy atom. The van der Waals surface area contributed by atoms with Crippen molar-refractivity contribution < 1.29 is 4.74 Å². The van der Waals surface area contributed by atoms with Crippen molar-refractivity contribution in [2.24, 2.45) is 4.99 Å². The number of aliphatic imine (C=N–C) groups is 1. The van der Waals surface area contributed by atoms with Gasteiger partial charge in [-0.15, -0.1) is 0 Å². The number of para-hydroxylation sites is 2. The second kappa shape index (κ2) is 5.87. The molecule has 118 valence electrons. The van der Waals surface area contributed by atoms with E-state index in [1.54, 1.807) is 0 Å². The van der Waals surface area contributed by atoms with E-state index in [1.165, 1.54) is 0 Å². The van der Waals surface area contributed by atoms with Gasteiger partial charge in [0.1, 0.15) is 17.3 Å². The summed E-state index contributed by atoms with van der Waals surface area (Å²) in [5.41, 5.74) is 1.85. The number of ether oxygens (including phenoxy) is 1. The Hall–Kier alpha value is -2.04. The van der Waals surface area contributed by atoms with Crippen LogP contribution in [0, 0.1) is 0 Å². The summed E-state index contributed by atoms with van der Waals surface area (Å²) in [7, 11) is 2.15. The van der Waals surface area contributed by atoms with Crippen molar-refractivity contribution in [3.8, 4) is 11.5 Å². The van der Waals surface area contributed by atoms with Crippen LogP contribution in [-0.2, 0) is 0 Å². The maximum atomic E-state index is 6.17. The minimum atomic E-state index is 0.667. The molecular weight excluding hydrogens is 310 g/mol. The Morgan fingerprint density at radius 1 is 1.00 bits per heavy atom. The van der Waals surface area contributed by atoms with Gasteiger partial charge in [-0.25, -0.2) is 4.99 Å². The number of likely N-dealkylation sites (N-methyl/N-ethyl adjacent to an activating group) is 1. The molecule has 0 radical (unpaired) electrons. The topological polar surface area (TPSA) is 28.1 Å². The summed E-state index contributed by atoms with van der Waals surface area (Å²) in [5, 5.41) is 0.667. The first-order valence-corrected chi connectivity index (χ1v) is 8.17. The number of hydrogen-bond donors (Lipinski definition) is 0. The Kier molecular flexibility index (Phi) is 3.71. The van der Waals surface area contributed by atoms with Gasteiger partial charge >= 0.3 is 0 Å². The molecular formula is C18H18ClN3O. The zero-order valence-electron chi connectivity index (χ0n) is 13.0. The highest BCUT2D eigenvalue weighted by atomic mass is 35.5. The molecule has 0 amide bonds. The predicted octanol–water partition coefficient (Wildman–Crippen LogP) is 3.77. The average Bonchev–Trinajstić information content (AvgIpc) is 2.71. The standard InChI is InChI=1S/C18H18ClN3O/c1-21-8-10-22(11-9-21)18-14-7-6-13(19)12-17(14)23-16-5-3-2-4-15(16)20-18/h2-7,12H,8-11H2,1H3. The third-order valence-electron chi connectivity index (χ3n) is 4.30. The Bertz CT molecular complexity index is 767. The molecule has 4 rings (SSSR count). The maximum Gasteiger partial charge on any atom is 0.153 e. The number of fused-ring (bicyclic) bond motifs is 2. The summed E-state index contributed by atoms with van der Waals surface area (Å²) in [6.45, 7) is 3.98. The molecule has 2 aliphatic rings. The van der Waals surface area contributed by atoms with Crippen LogP contribution in [0.1, 0.15) is 5.56 Å². The fraction of sp³-hybridized carbons (Fsp3) is 0.278. The normalized spacial score (nSPS) is 17.7. The zero-order chi connectivity index (χ0) is 15.8. The minimum Gasteiger partial charge on any atom is -0.454 e. The molecule has 0 aromatic heterocycles. The highest BCUT2D eigenvalue weighted by Crippen LogP contribution is 2.39. The first-order valence-electron chi connectivity index (χ1n) is 7.80. The van der Waals surface area contributed by atoms with E-state index in [4.69, 9.17) is 21.3 Å². The quantitative estimate of drug-likeness (QED) is 0.737. The smallest absolute Gasteiger partial charge is 0.153 e. The Balaban J connectivity index is 1.83. The molecule has 1 saturated heterocycles. The summed E-state index contributed by atoms with van der Waals surface area (Å²) in [6, 6.07) is 13.6. The molecule has 0 bridgehead atoms. The summed E-state index contributed by atoms with van der Waals surface area (Å²) < 4.78 is 6.09. The lowest BCUT2D eigenvalue weighted by atomic mass is 10.1. The second-order valence-corrected chi connectivity index (χ2v) is 6.37. The number of amidine groups is 1. The van der Waals surface area contributed by atoms with E-state index in [0.717, 1.165) is 54.8 Å². The van der Waals surface area contributed by atoms with Gasteiger partial charge in [0.15, 0.2) is 5.75 Å². The molecule has 2 aliphatic heterocycles. The number of nitrogens with zero attached hydrogens (tertiary/aromatic N) is 3. The largest absolute Gasteiger partial charge is 0.454 e. The van der Waals surface area contributed by atoms with Gasteiger partial charge in [0.2, 0.25) is 0 Å². The molecule has 2 heterocycles. The van der Waals surface area contributed by atoms with Crippen LogP contribution >= 0.6 is 11.6 Å². The van der Waals surface area contributed by atoms with Gasteiger partial charge in [0.05, 0.1) is 5.56 Å². The minimum absolute atomic E-state index is 0.667. The number of halogens is 1. The van der Waals surface area contributed by atoms with Crippen molar-refractivity contribution in [3.63, 3.8) is 0 Å². The van der Waals surface area contributed by atoms with Crippen LogP contribution in [-0.4, -0.2) is 48.9 Å².